The molecule has 1 heterocycles. The molecule has 0 spiro atoms. The van der Waals surface area contributed by atoms with Crippen molar-refractivity contribution >= 4 is 10.9 Å². The summed E-state index contributed by atoms with van der Waals surface area (Å²) >= 11 is 0. The van der Waals surface area contributed by atoms with Crippen molar-refractivity contribution in [2.75, 3.05) is 13.7 Å². The highest BCUT2D eigenvalue weighted by molar-refractivity contribution is 5.83. The molecule has 0 fully saturated rings. The molecule has 1 unspecified atom stereocenters. The number of hydrogen-bond acceptors (Lipinski definition) is 3. The van der Waals surface area contributed by atoms with E-state index in [-0.39, 0.29) is 0 Å². The molecule has 0 aliphatic carbocycles. The summed E-state index contributed by atoms with van der Waals surface area (Å²) < 4.78 is 5.58. The van der Waals surface area contributed by atoms with Crippen molar-refractivity contribution in [2.45, 2.75) is 19.4 Å². The van der Waals surface area contributed by atoms with E-state index >= 15 is 0 Å². The highest BCUT2D eigenvalue weighted by Gasteiger charge is 2.26. The van der Waals surface area contributed by atoms with Crippen LogP contribution in [-0.2, 0) is 10.3 Å². The molecule has 2 N–H and O–H groups in total. The van der Waals surface area contributed by atoms with Crippen molar-refractivity contribution in [1.29, 1.82) is 0 Å². The van der Waals surface area contributed by atoms with Gasteiger partial charge in [-0.1, -0.05) is 18.2 Å². The molecule has 1 aromatic heterocycles. The van der Waals surface area contributed by atoms with E-state index in [4.69, 9.17) is 10.5 Å². The lowest BCUT2D eigenvalue weighted by atomic mass is 9.92. The van der Waals surface area contributed by atoms with Gasteiger partial charge in [-0.15, -0.1) is 0 Å². The molecule has 90 valence electrons. The molecular formula is C14H18N2O. The largest absolute Gasteiger partial charge is 0.372 e. The lowest BCUT2D eigenvalue weighted by Crippen LogP contribution is -2.34. The number of aromatic nitrogens is 1. The zero-order chi connectivity index (χ0) is 12.5. The number of para-hydroxylation sites is 1. The number of pyridine rings is 1. The molecule has 0 saturated carbocycles. The molecule has 0 saturated heterocycles. The van der Waals surface area contributed by atoms with E-state index in [9.17, 15) is 0 Å². The Kier molecular flexibility index (Phi) is 3.13. The molecule has 1 aromatic carbocycles. The molecule has 0 aliphatic heterocycles. The van der Waals surface area contributed by atoms with Gasteiger partial charge in [0.1, 0.15) is 5.60 Å². The second-order valence-corrected chi connectivity index (χ2v) is 4.47. The predicted molar refractivity (Wildman–Crippen MR) is 69.9 cm³/mol. The zero-order valence-electron chi connectivity index (χ0n) is 10.5. The van der Waals surface area contributed by atoms with Gasteiger partial charge in [0.25, 0.3) is 0 Å². The van der Waals surface area contributed by atoms with Crippen LogP contribution < -0.4 is 5.73 Å². The molecule has 2 rings (SSSR count). The SMILES string of the molecule is COC(C)(CN)c1cc(C)nc2ccccc12. The van der Waals surface area contributed by atoms with Crippen LogP contribution in [0, 0.1) is 6.92 Å². The van der Waals surface area contributed by atoms with Crippen molar-refractivity contribution < 1.29 is 4.74 Å². The summed E-state index contributed by atoms with van der Waals surface area (Å²) in [5, 5.41) is 1.10. The van der Waals surface area contributed by atoms with E-state index < -0.39 is 5.60 Å². The fraction of sp³-hybridized carbons (Fsp3) is 0.357. The maximum absolute atomic E-state index is 5.85. The molecule has 1 atom stereocenters. The van der Waals surface area contributed by atoms with Gasteiger partial charge in [-0.2, -0.15) is 0 Å². The minimum absolute atomic E-state index is 0.441. The van der Waals surface area contributed by atoms with E-state index in [1.54, 1.807) is 7.11 Å². The topological polar surface area (TPSA) is 48.1 Å². The van der Waals surface area contributed by atoms with Gasteiger partial charge in [0.05, 0.1) is 5.52 Å². The van der Waals surface area contributed by atoms with Gasteiger partial charge < -0.3 is 10.5 Å². The quantitative estimate of drug-likeness (QED) is 0.880. The highest BCUT2D eigenvalue weighted by atomic mass is 16.5. The number of ether oxygens (including phenoxy) is 1. The minimum Gasteiger partial charge on any atom is -0.372 e. The van der Waals surface area contributed by atoms with Crippen LogP contribution in [0.2, 0.25) is 0 Å². The van der Waals surface area contributed by atoms with Gasteiger partial charge >= 0.3 is 0 Å². The second-order valence-electron chi connectivity index (χ2n) is 4.47. The van der Waals surface area contributed by atoms with E-state index in [0.29, 0.717) is 6.54 Å². The average molecular weight is 230 g/mol. The van der Waals surface area contributed by atoms with Crippen LogP contribution >= 0.6 is 0 Å². The van der Waals surface area contributed by atoms with Gasteiger partial charge in [-0.05, 0) is 31.5 Å². The average Bonchev–Trinajstić information content (AvgIpc) is 2.36. The predicted octanol–water partition coefficient (Wildman–Crippen LogP) is 2.36. The minimum atomic E-state index is -0.465. The third kappa shape index (κ3) is 2.04. The number of fused-ring (bicyclic) bond motifs is 1. The highest BCUT2D eigenvalue weighted by Crippen LogP contribution is 2.30. The Bertz CT molecular complexity index is 533. The first-order valence-corrected chi connectivity index (χ1v) is 5.73. The number of hydrogen-bond donors (Lipinski definition) is 1. The van der Waals surface area contributed by atoms with Crippen LogP contribution in [0.4, 0.5) is 0 Å². The van der Waals surface area contributed by atoms with Gasteiger partial charge in [0.15, 0.2) is 0 Å². The van der Waals surface area contributed by atoms with Crippen molar-refractivity contribution in [2.24, 2.45) is 5.73 Å². The number of nitrogens with zero attached hydrogens (tertiary/aromatic N) is 1. The lowest BCUT2D eigenvalue weighted by Gasteiger charge is -2.28. The fourth-order valence-corrected chi connectivity index (χ4v) is 2.05. The molecule has 2 aromatic rings. The molecule has 3 nitrogen and oxygen atoms in total. The summed E-state index contributed by atoms with van der Waals surface area (Å²) in [6.07, 6.45) is 0. The van der Waals surface area contributed by atoms with Crippen LogP contribution in [0.1, 0.15) is 18.2 Å². The summed E-state index contributed by atoms with van der Waals surface area (Å²) in [6.45, 7) is 4.44. The first-order chi connectivity index (χ1) is 8.10. The van der Waals surface area contributed by atoms with Gasteiger partial charge in [-0.3, -0.25) is 4.98 Å². The smallest absolute Gasteiger partial charge is 0.103 e. The molecule has 0 amide bonds. The Balaban J connectivity index is 2.75. The summed E-state index contributed by atoms with van der Waals surface area (Å²) in [7, 11) is 1.69. The van der Waals surface area contributed by atoms with Gasteiger partial charge in [0.2, 0.25) is 0 Å². The van der Waals surface area contributed by atoms with Crippen molar-refractivity contribution in [3.05, 3.63) is 41.6 Å². The van der Waals surface area contributed by atoms with Gasteiger partial charge in [-0.25, -0.2) is 0 Å². The molecule has 0 radical (unpaired) electrons. The normalized spacial score (nSPS) is 14.8. The number of methoxy groups -OCH3 is 1. The Labute approximate surface area is 102 Å². The molecule has 17 heavy (non-hydrogen) atoms. The van der Waals surface area contributed by atoms with Crippen LogP contribution in [0.15, 0.2) is 30.3 Å². The maximum atomic E-state index is 5.85. The van der Waals surface area contributed by atoms with Crippen molar-refractivity contribution in [3.8, 4) is 0 Å². The Hall–Kier alpha value is -1.45. The van der Waals surface area contributed by atoms with Crippen LogP contribution in [0.25, 0.3) is 10.9 Å². The van der Waals surface area contributed by atoms with Crippen LogP contribution in [0.3, 0.4) is 0 Å². The van der Waals surface area contributed by atoms with Crippen LogP contribution in [-0.4, -0.2) is 18.6 Å². The standard InChI is InChI=1S/C14H18N2O/c1-10-8-12(14(2,9-15)17-3)11-6-4-5-7-13(11)16-10/h4-8H,9,15H2,1-3H3. The summed E-state index contributed by atoms with van der Waals surface area (Å²) in [5.74, 6) is 0. The monoisotopic (exact) mass is 230 g/mol. The lowest BCUT2D eigenvalue weighted by molar-refractivity contribution is 0.0113. The van der Waals surface area contributed by atoms with Crippen molar-refractivity contribution in [3.63, 3.8) is 0 Å². The molecular weight excluding hydrogens is 212 g/mol. The van der Waals surface area contributed by atoms with E-state index in [2.05, 4.69) is 17.1 Å². The Morgan fingerprint density at radius 1 is 1.35 bits per heavy atom. The number of nitrogens with two attached hydrogens (primary N) is 1. The summed E-state index contributed by atoms with van der Waals surface area (Å²) in [5.41, 5.74) is 8.45. The summed E-state index contributed by atoms with van der Waals surface area (Å²) in [4.78, 5) is 4.52. The summed E-state index contributed by atoms with van der Waals surface area (Å²) in [6, 6.07) is 10.1. The second kappa shape index (κ2) is 4.43. The van der Waals surface area contributed by atoms with Crippen molar-refractivity contribution in [1.82, 2.24) is 4.98 Å². The fourth-order valence-electron chi connectivity index (χ4n) is 2.05. The Morgan fingerprint density at radius 3 is 2.71 bits per heavy atom. The third-order valence-electron chi connectivity index (χ3n) is 3.25. The molecule has 0 bridgehead atoms. The zero-order valence-corrected chi connectivity index (χ0v) is 10.5. The van der Waals surface area contributed by atoms with Gasteiger partial charge in [0, 0.05) is 24.7 Å². The number of aryl methyl sites for hydroxylation is 1. The first kappa shape index (κ1) is 12.0. The van der Waals surface area contributed by atoms with Crippen LogP contribution in [0.5, 0.6) is 0 Å². The number of rotatable bonds is 3. The van der Waals surface area contributed by atoms with E-state index in [0.717, 1.165) is 22.2 Å². The van der Waals surface area contributed by atoms with E-state index in [1.165, 1.54) is 0 Å². The third-order valence-corrected chi connectivity index (χ3v) is 3.25. The Morgan fingerprint density at radius 2 is 2.06 bits per heavy atom. The number of benzene rings is 1. The molecule has 0 aliphatic rings. The van der Waals surface area contributed by atoms with E-state index in [1.807, 2.05) is 32.0 Å². The molecule has 3 heteroatoms. The first-order valence-electron chi connectivity index (χ1n) is 5.73. The maximum Gasteiger partial charge on any atom is 0.103 e.